The van der Waals surface area contributed by atoms with Gasteiger partial charge in [-0.2, -0.15) is 0 Å². The van der Waals surface area contributed by atoms with E-state index in [-0.39, 0.29) is 19.0 Å². The smallest absolute Gasteiger partial charge is 0.462 e. The van der Waals surface area contributed by atoms with Crippen LogP contribution in [0.25, 0.3) is 0 Å². The number of hydrogen-bond acceptors (Lipinski definition) is 7. The van der Waals surface area contributed by atoms with E-state index in [1.165, 1.54) is 199 Å². The Kier molecular flexibility index (Phi) is 44.4. The third-order valence-electron chi connectivity index (χ3n) is 11.3. The molecule has 0 aliphatic rings. The van der Waals surface area contributed by atoms with E-state index in [1.54, 1.807) is 0 Å². The maximum absolute atomic E-state index is 12.6. The summed E-state index contributed by atoms with van der Waals surface area (Å²) < 4.78 is 32.1. The van der Waals surface area contributed by atoms with E-state index in [0.29, 0.717) is 12.8 Å². The molecule has 0 aromatic rings. The molecule has 2 atom stereocenters. The predicted molar refractivity (Wildman–Crippen MR) is 244 cm³/mol. The van der Waals surface area contributed by atoms with Crippen LogP contribution in [-0.4, -0.2) is 43.3 Å². The Morgan fingerprint density at radius 1 is 0.466 bits per heavy atom. The van der Waals surface area contributed by atoms with E-state index in [4.69, 9.17) is 14.0 Å². The molecule has 0 heterocycles. The van der Waals surface area contributed by atoms with Crippen molar-refractivity contribution >= 4 is 19.8 Å². The first-order chi connectivity index (χ1) is 28.3. The van der Waals surface area contributed by atoms with Gasteiger partial charge in [0.1, 0.15) is 6.61 Å². The van der Waals surface area contributed by atoms with Crippen LogP contribution < -0.4 is 0 Å². The lowest BCUT2D eigenvalue weighted by Gasteiger charge is -2.19. The van der Waals surface area contributed by atoms with Crippen molar-refractivity contribution in [2.45, 2.75) is 270 Å². The second kappa shape index (κ2) is 45.3. The average Bonchev–Trinajstić information content (AvgIpc) is 3.21. The number of carbonyl (C=O) groups excluding carboxylic acids is 2. The Hall–Kier alpha value is -1.21. The Balaban J connectivity index is 3.87. The number of esters is 2. The minimum absolute atomic E-state index is 0.219. The fourth-order valence-electron chi connectivity index (χ4n) is 7.42. The largest absolute Gasteiger partial charge is 0.472 e. The van der Waals surface area contributed by atoms with E-state index in [2.05, 4.69) is 30.5 Å². The summed E-state index contributed by atoms with van der Waals surface area (Å²) in [5, 5.41) is 0. The highest BCUT2D eigenvalue weighted by Gasteiger charge is 2.24. The Morgan fingerprint density at radius 2 is 0.776 bits per heavy atom. The van der Waals surface area contributed by atoms with Crippen LogP contribution in [0.5, 0.6) is 0 Å². The average molecular weight is 843 g/mol. The second-order valence-corrected chi connectivity index (χ2v) is 18.5. The zero-order chi connectivity index (χ0) is 42.5. The van der Waals surface area contributed by atoms with Gasteiger partial charge in [0.05, 0.1) is 6.61 Å². The molecular formula is C49H95O8P. The number of rotatable bonds is 47. The fraction of sp³-hybridized carbons (Fsp3) is 0.918. The lowest BCUT2D eigenvalue weighted by Crippen LogP contribution is -2.29. The lowest BCUT2D eigenvalue weighted by atomic mass is 10.0. The van der Waals surface area contributed by atoms with E-state index in [1.807, 2.05) is 0 Å². The zero-order valence-electron chi connectivity index (χ0n) is 38.5. The highest BCUT2D eigenvalue weighted by Crippen LogP contribution is 2.42. The summed E-state index contributed by atoms with van der Waals surface area (Å²) in [5.74, 6) is -0.789. The molecular weight excluding hydrogens is 748 g/mol. The Morgan fingerprint density at radius 3 is 1.12 bits per heavy atom. The van der Waals surface area contributed by atoms with Gasteiger partial charge in [-0.3, -0.25) is 18.6 Å². The molecule has 0 fully saturated rings. The molecule has 58 heavy (non-hydrogen) atoms. The summed E-state index contributed by atoms with van der Waals surface area (Å²) >= 11 is 0. The number of unbranched alkanes of at least 4 members (excludes halogenated alkanes) is 34. The van der Waals surface area contributed by atoms with Gasteiger partial charge in [0.15, 0.2) is 6.10 Å². The molecule has 8 nitrogen and oxygen atoms in total. The lowest BCUT2D eigenvalue weighted by molar-refractivity contribution is -0.161. The number of ether oxygens (including phenoxy) is 2. The van der Waals surface area contributed by atoms with E-state index in [0.717, 1.165) is 39.2 Å². The van der Waals surface area contributed by atoms with Gasteiger partial charge in [-0.1, -0.05) is 225 Å². The van der Waals surface area contributed by atoms with Gasteiger partial charge in [0, 0.05) is 20.0 Å². The third kappa shape index (κ3) is 44.3. The molecule has 0 bridgehead atoms. The van der Waals surface area contributed by atoms with Crippen molar-refractivity contribution in [2.75, 3.05) is 20.3 Å². The van der Waals surface area contributed by atoms with Crippen LogP contribution in [0.1, 0.15) is 264 Å². The second-order valence-electron chi connectivity index (χ2n) is 17.0. The molecule has 344 valence electrons. The minimum Gasteiger partial charge on any atom is -0.462 e. The van der Waals surface area contributed by atoms with Crippen LogP contribution in [0.4, 0.5) is 0 Å². The number of allylic oxidation sites excluding steroid dienone is 2. The van der Waals surface area contributed by atoms with Crippen molar-refractivity contribution in [3.05, 3.63) is 12.2 Å². The van der Waals surface area contributed by atoms with Gasteiger partial charge in [-0.05, 0) is 38.5 Å². The van der Waals surface area contributed by atoms with Crippen molar-refractivity contribution in [3.8, 4) is 0 Å². The molecule has 0 aliphatic carbocycles. The van der Waals surface area contributed by atoms with Gasteiger partial charge in [0.25, 0.3) is 0 Å². The monoisotopic (exact) mass is 843 g/mol. The first-order valence-corrected chi connectivity index (χ1v) is 26.4. The van der Waals surface area contributed by atoms with Crippen LogP contribution in [0.3, 0.4) is 0 Å². The first kappa shape index (κ1) is 56.8. The molecule has 0 spiro atoms. The predicted octanol–water partition coefficient (Wildman–Crippen LogP) is 16.0. The molecule has 0 rings (SSSR count). The molecule has 0 amide bonds. The number of phosphoric ester groups is 1. The van der Waals surface area contributed by atoms with Crippen LogP contribution in [0, 0.1) is 0 Å². The maximum atomic E-state index is 12.6. The molecule has 0 aliphatic heterocycles. The van der Waals surface area contributed by atoms with Crippen LogP contribution in [0.2, 0.25) is 0 Å². The standard InChI is InChI=1S/C49H95O8P/c1-4-6-8-10-12-14-16-18-20-22-24-26-27-29-31-33-35-37-39-41-43-48(50)55-45-47(46-56-58(52,53)54-3)57-49(51)44-42-40-38-36-34-32-30-28-25-23-21-19-17-15-13-11-9-7-5-2/h19,21,47H,4-18,20,22-46H2,1-3H3,(H,52,53)/b21-19-. The van der Waals surface area contributed by atoms with E-state index in [9.17, 15) is 19.0 Å². The van der Waals surface area contributed by atoms with Crippen LogP contribution in [-0.2, 0) is 32.7 Å². The number of carbonyl (C=O) groups is 2. The summed E-state index contributed by atoms with van der Waals surface area (Å²) in [4.78, 5) is 34.6. The molecule has 0 radical (unpaired) electrons. The number of hydrogen-bond donors (Lipinski definition) is 1. The van der Waals surface area contributed by atoms with Gasteiger partial charge in [-0.15, -0.1) is 0 Å². The Labute approximate surface area is 359 Å². The maximum Gasteiger partial charge on any atom is 0.472 e. The summed E-state index contributed by atoms with van der Waals surface area (Å²) in [7, 11) is -3.19. The van der Waals surface area contributed by atoms with Crippen molar-refractivity contribution in [2.24, 2.45) is 0 Å². The molecule has 0 aromatic carbocycles. The van der Waals surface area contributed by atoms with Gasteiger partial charge < -0.3 is 14.4 Å². The van der Waals surface area contributed by atoms with Gasteiger partial charge in [-0.25, -0.2) is 4.57 Å². The Bertz CT molecular complexity index is 957. The van der Waals surface area contributed by atoms with Gasteiger partial charge in [0.2, 0.25) is 0 Å². The normalized spacial score (nSPS) is 13.2. The van der Waals surface area contributed by atoms with E-state index < -0.39 is 26.5 Å². The van der Waals surface area contributed by atoms with Crippen molar-refractivity contribution in [1.29, 1.82) is 0 Å². The SMILES string of the molecule is CCCCCCCC/C=C\CCCCCCCCCCCC(=O)OC(COC(=O)CCCCCCCCCCCCCCCCCCCCCC)COP(=O)(O)OC. The molecule has 9 heteroatoms. The van der Waals surface area contributed by atoms with Gasteiger partial charge >= 0.3 is 19.8 Å². The van der Waals surface area contributed by atoms with Crippen molar-refractivity contribution in [3.63, 3.8) is 0 Å². The first-order valence-electron chi connectivity index (χ1n) is 24.9. The van der Waals surface area contributed by atoms with Crippen LogP contribution in [0.15, 0.2) is 12.2 Å². The molecule has 0 saturated carbocycles. The van der Waals surface area contributed by atoms with Crippen molar-refractivity contribution < 1.29 is 37.6 Å². The topological polar surface area (TPSA) is 108 Å². The van der Waals surface area contributed by atoms with Crippen molar-refractivity contribution in [1.82, 2.24) is 0 Å². The minimum atomic E-state index is -4.26. The summed E-state index contributed by atoms with van der Waals surface area (Å²) in [6.45, 7) is 3.93. The van der Waals surface area contributed by atoms with Crippen LogP contribution >= 0.6 is 7.82 Å². The number of phosphoric acid groups is 1. The summed E-state index contributed by atoms with van der Waals surface area (Å²) in [6, 6.07) is 0. The summed E-state index contributed by atoms with van der Waals surface area (Å²) in [6.07, 6.45) is 51.3. The fourth-order valence-corrected chi connectivity index (χ4v) is 7.88. The molecule has 1 N–H and O–H groups in total. The molecule has 2 unspecified atom stereocenters. The quantitative estimate of drug-likeness (QED) is 0.0279. The zero-order valence-corrected chi connectivity index (χ0v) is 39.4. The summed E-state index contributed by atoms with van der Waals surface area (Å²) in [5.41, 5.74) is 0. The highest BCUT2D eigenvalue weighted by molar-refractivity contribution is 7.47. The molecule has 0 aromatic heterocycles. The highest BCUT2D eigenvalue weighted by atomic mass is 31.2. The molecule has 0 saturated heterocycles. The van der Waals surface area contributed by atoms with E-state index >= 15 is 0 Å². The third-order valence-corrected chi connectivity index (χ3v) is 12.2.